The predicted molar refractivity (Wildman–Crippen MR) is 112 cm³/mol. The van der Waals surface area contributed by atoms with E-state index in [2.05, 4.69) is 10.6 Å². The Hall–Kier alpha value is -2.93. The van der Waals surface area contributed by atoms with Crippen LogP contribution in [0.1, 0.15) is 33.6 Å². The molecule has 1 aliphatic heterocycles. The number of likely N-dealkylation sites (tertiary alicyclic amines) is 1. The van der Waals surface area contributed by atoms with Crippen molar-refractivity contribution in [1.29, 1.82) is 0 Å². The molecule has 1 saturated heterocycles. The predicted octanol–water partition coefficient (Wildman–Crippen LogP) is 2.88. The average molecular weight is 432 g/mol. The van der Waals surface area contributed by atoms with Gasteiger partial charge in [0, 0.05) is 42.3 Å². The molecule has 2 aromatic carbocycles. The highest BCUT2D eigenvalue weighted by atomic mass is 35.5. The molecule has 158 valence electrons. The van der Waals surface area contributed by atoms with E-state index in [9.17, 15) is 18.8 Å². The molecular formula is C22H23ClFN3O3. The Bertz CT molecular complexity index is 903. The van der Waals surface area contributed by atoms with Gasteiger partial charge in [0.15, 0.2) is 0 Å². The third-order valence-corrected chi connectivity index (χ3v) is 5.24. The molecule has 3 rings (SSSR count). The molecule has 0 saturated carbocycles. The quantitative estimate of drug-likeness (QED) is 0.690. The molecule has 30 heavy (non-hydrogen) atoms. The summed E-state index contributed by atoms with van der Waals surface area (Å²) in [7, 11) is 0. The van der Waals surface area contributed by atoms with Gasteiger partial charge < -0.3 is 15.5 Å². The topological polar surface area (TPSA) is 78.5 Å². The summed E-state index contributed by atoms with van der Waals surface area (Å²) in [5.41, 5.74) is 0.898. The van der Waals surface area contributed by atoms with Gasteiger partial charge in [0.25, 0.3) is 11.8 Å². The minimum Gasteiger partial charge on any atom is -0.354 e. The van der Waals surface area contributed by atoms with Gasteiger partial charge in [0.05, 0.1) is 5.92 Å². The van der Waals surface area contributed by atoms with Gasteiger partial charge in [-0.3, -0.25) is 14.4 Å². The minimum absolute atomic E-state index is 0.146. The van der Waals surface area contributed by atoms with E-state index in [-0.39, 0.29) is 30.2 Å². The van der Waals surface area contributed by atoms with E-state index in [1.807, 2.05) is 0 Å². The van der Waals surface area contributed by atoms with Crippen molar-refractivity contribution in [2.24, 2.45) is 5.92 Å². The molecule has 1 heterocycles. The zero-order chi connectivity index (χ0) is 21.5. The molecule has 8 heteroatoms. The second-order valence-corrected chi connectivity index (χ2v) is 7.59. The van der Waals surface area contributed by atoms with E-state index in [0.29, 0.717) is 42.2 Å². The molecule has 0 aliphatic carbocycles. The lowest BCUT2D eigenvalue weighted by Crippen LogP contribution is -2.46. The van der Waals surface area contributed by atoms with Crippen molar-refractivity contribution >= 4 is 29.3 Å². The van der Waals surface area contributed by atoms with Gasteiger partial charge in [0.2, 0.25) is 5.91 Å². The van der Waals surface area contributed by atoms with Crippen LogP contribution in [-0.4, -0.2) is 48.8 Å². The zero-order valence-corrected chi connectivity index (χ0v) is 17.1. The summed E-state index contributed by atoms with van der Waals surface area (Å²) in [6.45, 7) is 1.47. The van der Waals surface area contributed by atoms with Crippen molar-refractivity contribution in [2.45, 2.75) is 12.8 Å². The number of hydrogen-bond acceptors (Lipinski definition) is 3. The monoisotopic (exact) mass is 431 g/mol. The maximum atomic E-state index is 13.1. The Morgan fingerprint density at radius 3 is 2.30 bits per heavy atom. The first-order chi connectivity index (χ1) is 14.4. The summed E-state index contributed by atoms with van der Waals surface area (Å²) in [6, 6.07) is 11.9. The minimum atomic E-state index is -0.398. The molecule has 0 spiro atoms. The molecule has 0 radical (unpaired) electrons. The first kappa shape index (κ1) is 21.8. The van der Waals surface area contributed by atoms with Crippen LogP contribution in [0.3, 0.4) is 0 Å². The Morgan fingerprint density at radius 2 is 1.60 bits per heavy atom. The van der Waals surface area contributed by atoms with Crippen LogP contribution < -0.4 is 10.6 Å². The van der Waals surface area contributed by atoms with Crippen LogP contribution in [0, 0.1) is 11.7 Å². The van der Waals surface area contributed by atoms with Crippen LogP contribution >= 0.6 is 11.6 Å². The van der Waals surface area contributed by atoms with Gasteiger partial charge in [-0.1, -0.05) is 11.6 Å². The van der Waals surface area contributed by atoms with Crippen molar-refractivity contribution < 1.29 is 18.8 Å². The van der Waals surface area contributed by atoms with Gasteiger partial charge in [0.1, 0.15) is 5.82 Å². The van der Waals surface area contributed by atoms with Gasteiger partial charge in [-0.05, 0) is 61.4 Å². The number of carbonyl (C=O) groups is 3. The van der Waals surface area contributed by atoms with Crippen molar-refractivity contribution in [2.75, 3.05) is 26.2 Å². The SMILES string of the molecule is O=C(NCCNC(=O)C1CCCN(C(=O)c2ccc(F)cc2)C1)c1ccc(Cl)cc1. The lowest BCUT2D eigenvalue weighted by Gasteiger charge is -2.32. The number of piperidine rings is 1. The first-order valence-corrected chi connectivity index (χ1v) is 10.2. The van der Waals surface area contributed by atoms with Crippen LogP contribution in [0.4, 0.5) is 4.39 Å². The number of carbonyl (C=O) groups excluding carboxylic acids is 3. The summed E-state index contributed by atoms with van der Waals surface area (Å²) >= 11 is 5.80. The number of amides is 3. The van der Waals surface area contributed by atoms with Crippen LogP contribution in [-0.2, 0) is 4.79 Å². The Morgan fingerprint density at radius 1 is 0.967 bits per heavy atom. The molecule has 0 bridgehead atoms. The lowest BCUT2D eigenvalue weighted by molar-refractivity contribution is -0.126. The summed E-state index contributed by atoms with van der Waals surface area (Å²) in [4.78, 5) is 38.7. The van der Waals surface area contributed by atoms with Crippen molar-refractivity contribution in [3.05, 3.63) is 70.5 Å². The second kappa shape index (κ2) is 10.2. The number of hydrogen-bond donors (Lipinski definition) is 2. The van der Waals surface area contributed by atoms with Crippen molar-refractivity contribution in [3.8, 4) is 0 Å². The number of halogens is 2. The smallest absolute Gasteiger partial charge is 0.253 e. The highest BCUT2D eigenvalue weighted by Crippen LogP contribution is 2.19. The highest BCUT2D eigenvalue weighted by molar-refractivity contribution is 6.30. The Balaban J connectivity index is 1.43. The number of nitrogens with one attached hydrogen (secondary N) is 2. The summed E-state index contributed by atoms with van der Waals surface area (Å²) in [5.74, 6) is -1.30. The van der Waals surface area contributed by atoms with Crippen molar-refractivity contribution in [3.63, 3.8) is 0 Å². The van der Waals surface area contributed by atoms with Crippen LogP contribution in [0.15, 0.2) is 48.5 Å². The normalized spacial score (nSPS) is 16.1. The summed E-state index contributed by atoms with van der Waals surface area (Å²) in [5, 5.41) is 6.10. The van der Waals surface area contributed by atoms with Gasteiger partial charge >= 0.3 is 0 Å². The van der Waals surface area contributed by atoms with Gasteiger partial charge in [-0.25, -0.2) is 4.39 Å². The average Bonchev–Trinajstić information content (AvgIpc) is 2.77. The maximum absolute atomic E-state index is 13.1. The molecular weight excluding hydrogens is 409 g/mol. The first-order valence-electron chi connectivity index (χ1n) is 9.80. The fourth-order valence-corrected chi connectivity index (χ4v) is 3.49. The lowest BCUT2D eigenvalue weighted by atomic mass is 9.96. The standard InChI is InChI=1S/C22H23ClFN3O3/c23-18-7-3-15(4-8-18)20(28)25-11-12-26-21(29)17-2-1-13-27(14-17)22(30)16-5-9-19(24)10-6-16/h3-10,17H,1-2,11-14H2,(H,25,28)(H,26,29). The third-order valence-electron chi connectivity index (χ3n) is 4.99. The molecule has 0 aromatic heterocycles. The van der Waals surface area contributed by atoms with Crippen molar-refractivity contribution in [1.82, 2.24) is 15.5 Å². The van der Waals surface area contributed by atoms with Gasteiger partial charge in [-0.15, -0.1) is 0 Å². The van der Waals surface area contributed by atoms with E-state index >= 15 is 0 Å². The zero-order valence-electron chi connectivity index (χ0n) is 16.4. The van der Waals surface area contributed by atoms with E-state index in [0.717, 1.165) is 6.42 Å². The molecule has 2 aromatic rings. The second-order valence-electron chi connectivity index (χ2n) is 7.15. The van der Waals surface area contributed by atoms with Gasteiger partial charge in [-0.2, -0.15) is 0 Å². The third kappa shape index (κ3) is 5.79. The summed E-state index contributed by atoms with van der Waals surface area (Å²) in [6.07, 6.45) is 1.41. The fraction of sp³-hybridized carbons (Fsp3) is 0.318. The maximum Gasteiger partial charge on any atom is 0.253 e. The van der Waals surface area contributed by atoms with Crippen LogP contribution in [0.2, 0.25) is 5.02 Å². The molecule has 1 fully saturated rings. The van der Waals surface area contributed by atoms with E-state index < -0.39 is 5.82 Å². The Labute approximate surface area is 179 Å². The fourth-order valence-electron chi connectivity index (χ4n) is 3.36. The van der Waals surface area contributed by atoms with E-state index in [4.69, 9.17) is 11.6 Å². The van der Waals surface area contributed by atoms with E-state index in [1.54, 1.807) is 29.2 Å². The van der Waals surface area contributed by atoms with Crippen LogP contribution in [0.5, 0.6) is 0 Å². The van der Waals surface area contributed by atoms with E-state index in [1.165, 1.54) is 24.3 Å². The Kier molecular flexibility index (Phi) is 7.41. The molecule has 2 N–H and O–H groups in total. The number of rotatable bonds is 6. The molecule has 1 aliphatic rings. The molecule has 6 nitrogen and oxygen atoms in total. The van der Waals surface area contributed by atoms with Crippen LogP contribution in [0.25, 0.3) is 0 Å². The largest absolute Gasteiger partial charge is 0.354 e. The molecule has 1 atom stereocenters. The number of nitrogens with zero attached hydrogens (tertiary/aromatic N) is 1. The molecule has 3 amide bonds. The number of benzene rings is 2. The molecule has 1 unspecified atom stereocenters. The summed E-state index contributed by atoms with van der Waals surface area (Å²) < 4.78 is 13.1. The highest BCUT2D eigenvalue weighted by Gasteiger charge is 2.28.